The second-order valence-corrected chi connectivity index (χ2v) is 14.3. The van der Waals surface area contributed by atoms with Crippen LogP contribution in [-0.4, -0.2) is 11.0 Å². The fraction of sp³-hybridized carbons (Fsp3) is 0.250. The third-order valence-corrected chi connectivity index (χ3v) is 13.7. The van der Waals surface area contributed by atoms with Gasteiger partial charge in [0.1, 0.15) is 11.6 Å². The molecular formula is C32H33F2NP2. The van der Waals surface area contributed by atoms with E-state index >= 15 is 8.78 Å². The highest BCUT2D eigenvalue weighted by molar-refractivity contribution is 7.79. The first-order chi connectivity index (χ1) is 18.2. The maximum Gasteiger partial charge on any atom is 0.132 e. The van der Waals surface area contributed by atoms with E-state index in [2.05, 4.69) is 72.0 Å². The molecule has 1 nitrogen and oxygen atoms in total. The van der Waals surface area contributed by atoms with Crippen LogP contribution in [0.3, 0.4) is 0 Å². The number of rotatable bonds is 9. The lowest BCUT2D eigenvalue weighted by Gasteiger charge is -2.42. The summed E-state index contributed by atoms with van der Waals surface area (Å²) in [5, 5.41) is 1.23. The van der Waals surface area contributed by atoms with Gasteiger partial charge in [-0.2, -0.15) is 0 Å². The quantitative estimate of drug-likeness (QED) is 0.195. The molecule has 4 aromatic carbocycles. The SMILES string of the molecule is CCCCN(P(c1ccccc1F)c1ccccc1F)P1C(c2ccccc2)CC[C@H]1c1ccccc1. The van der Waals surface area contributed by atoms with E-state index < -0.39 is 16.1 Å². The van der Waals surface area contributed by atoms with Crippen LogP contribution in [0.25, 0.3) is 0 Å². The van der Waals surface area contributed by atoms with Crippen LogP contribution in [0.5, 0.6) is 0 Å². The summed E-state index contributed by atoms with van der Waals surface area (Å²) in [5.41, 5.74) is 3.37. The third kappa shape index (κ3) is 5.70. The van der Waals surface area contributed by atoms with Crippen LogP contribution in [0.1, 0.15) is 55.1 Å². The summed E-state index contributed by atoms with van der Waals surface area (Å²) in [5.74, 6) is -0.500. The van der Waals surface area contributed by atoms with Crippen LogP contribution in [0, 0.1) is 11.6 Å². The molecule has 0 amide bonds. The maximum absolute atomic E-state index is 15.5. The Bertz CT molecular complexity index is 1190. The number of benzene rings is 4. The van der Waals surface area contributed by atoms with Crippen molar-refractivity contribution >= 4 is 26.8 Å². The van der Waals surface area contributed by atoms with Gasteiger partial charge in [0.05, 0.1) is 0 Å². The molecule has 0 spiro atoms. The maximum atomic E-state index is 15.5. The minimum atomic E-state index is -1.40. The molecule has 1 aliphatic rings. The second-order valence-electron chi connectivity index (χ2n) is 9.47. The largest absolute Gasteiger partial charge is 0.251 e. The Morgan fingerprint density at radius 3 is 1.54 bits per heavy atom. The van der Waals surface area contributed by atoms with Gasteiger partial charge in [-0.3, -0.25) is 4.44 Å². The van der Waals surface area contributed by atoms with E-state index in [1.165, 1.54) is 23.3 Å². The molecule has 190 valence electrons. The average molecular weight is 532 g/mol. The highest BCUT2D eigenvalue weighted by atomic mass is 31.2. The van der Waals surface area contributed by atoms with Gasteiger partial charge in [0, 0.05) is 36.5 Å². The van der Waals surface area contributed by atoms with Crippen LogP contribution in [0.15, 0.2) is 109 Å². The zero-order valence-corrected chi connectivity index (χ0v) is 23.0. The zero-order chi connectivity index (χ0) is 25.6. The van der Waals surface area contributed by atoms with Gasteiger partial charge in [-0.05, 0) is 62.7 Å². The topological polar surface area (TPSA) is 3.24 Å². The van der Waals surface area contributed by atoms with Crippen LogP contribution in [0.4, 0.5) is 8.78 Å². The van der Waals surface area contributed by atoms with Gasteiger partial charge >= 0.3 is 0 Å². The van der Waals surface area contributed by atoms with Gasteiger partial charge in [0.15, 0.2) is 0 Å². The molecule has 1 heterocycles. The lowest BCUT2D eigenvalue weighted by molar-refractivity contribution is 0.617. The molecule has 0 aromatic heterocycles. The lowest BCUT2D eigenvalue weighted by atomic mass is 10.0. The predicted octanol–water partition coefficient (Wildman–Crippen LogP) is 9.09. The minimum Gasteiger partial charge on any atom is -0.251 e. The molecule has 0 saturated carbocycles. The van der Waals surface area contributed by atoms with Crippen molar-refractivity contribution in [2.24, 2.45) is 0 Å². The Labute approximate surface area is 222 Å². The summed E-state index contributed by atoms with van der Waals surface area (Å²) in [7, 11) is -2.18. The molecule has 3 atom stereocenters. The summed E-state index contributed by atoms with van der Waals surface area (Å²) in [6, 6.07) is 35.5. The molecule has 5 heteroatoms. The highest BCUT2D eigenvalue weighted by Gasteiger charge is 2.44. The van der Waals surface area contributed by atoms with Crippen molar-refractivity contribution in [1.29, 1.82) is 0 Å². The summed E-state index contributed by atoms with van der Waals surface area (Å²) < 4.78 is 33.6. The van der Waals surface area contributed by atoms with Crippen molar-refractivity contribution < 1.29 is 8.78 Å². The molecule has 0 aliphatic carbocycles. The summed E-state index contributed by atoms with van der Waals surface area (Å²) in [4.78, 5) is 0. The van der Waals surface area contributed by atoms with Gasteiger partial charge in [-0.25, -0.2) is 8.78 Å². The van der Waals surface area contributed by atoms with Crippen molar-refractivity contribution in [3.63, 3.8) is 0 Å². The molecule has 1 saturated heterocycles. The molecule has 5 rings (SSSR count). The van der Waals surface area contributed by atoms with Gasteiger partial charge in [-0.1, -0.05) is 98.3 Å². The minimum absolute atomic E-state index is 0.250. The van der Waals surface area contributed by atoms with Crippen molar-refractivity contribution in [3.8, 4) is 0 Å². The summed E-state index contributed by atoms with van der Waals surface area (Å²) in [6.45, 7) is 3.02. The summed E-state index contributed by atoms with van der Waals surface area (Å²) in [6.07, 6.45) is 4.18. The number of halogens is 2. The first-order valence-electron chi connectivity index (χ1n) is 13.1. The molecular weight excluding hydrogens is 498 g/mol. The molecule has 0 radical (unpaired) electrons. The zero-order valence-electron chi connectivity index (χ0n) is 21.2. The molecule has 4 aromatic rings. The smallest absolute Gasteiger partial charge is 0.132 e. The number of hydrogen-bond donors (Lipinski definition) is 0. The van der Waals surface area contributed by atoms with Crippen molar-refractivity contribution in [1.82, 2.24) is 4.44 Å². The Morgan fingerprint density at radius 2 is 1.11 bits per heavy atom. The van der Waals surface area contributed by atoms with Crippen LogP contribution in [0.2, 0.25) is 0 Å². The normalized spacial score (nSPS) is 19.5. The highest BCUT2D eigenvalue weighted by Crippen LogP contribution is 2.76. The van der Waals surface area contributed by atoms with Crippen LogP contribution >= 0.6 is 16.1 Å². The molecule has 0 bridgehead atoms. The predicted molar refractivity (Wildman–Crippen MR) is 155 cm³/mol. The molecule has 0 N–H and O–H groups in total. The Kier molecular flexibility index (Phi) is 8.78. The Balaban J connectivity index is 1.70. The van der Waals surface area contributed by atoms with E-state index in [9.17, 15) is 0 Å². The number of unbranched alkanes of at least 4 members (excludes halogenated alkanes) is 1. The molecule has 2 unspecified atom stereocenters. The van der Waals surface area contributed by atoms with E-state index in [1.54, 1.807) is 12.1 Å². The first kappa shape index (κ1) is 26.2. The molecule has 1 fully saturated rings. The van der Waals surface area contributed by atoms with Crippen molar-refractivity contribution in [3.05, 3.63) is 132 Å². The second kappa shape index (κ2) is 12.4. The fourth-order valence-electron chi connectivity index (χ4n) is 5.35. The Hall–Kier alpha value is -2.44. The average Bonchev–Trinajstić information content (AvgIpc) is 3.38. The number of nitrogens with zero attached hydrogens (tertiary/aromatic N) is 1. The fourth-order valence-corrected chi connectivity index (χ4v) is 12.8. The Morgan fingerprint density at radius 1 is 0.676 bits per heavy atom. The monoisotopic (exact) mass is 531 g/mol. The van der Waals surface area contributed by atoms with Gasteiger partial charge < -0.3 is 0 Å². The van der Waals surface area contributed by atoms with Crippen molar-refractivity contribution in [2.75, 3.05) is 6.54 Å². The van der Waals surface area contributed by atoms with E-state index in [-0.39, 0.29) is 11.6 Å². The van der Waals surface area contributed by atoms with E-state index in [0.29, 0.717) is 21.9 Å². The van der Waals surface area contributed by atoms with Gasteiger partial charge in [-0.15, -0.1) is 0 Å². The van der Waals surface area contributed by atoms with E-state index in [1.807, 2.05) is 24.3 Å². The van der Waals surface area contributed by atoms with Crippen molar-refractivity contribution in [2.45, 2.75) is 43.9 Å². The first-order valence-corrected chi connectivity index (χ1v) is 15.9. The van der Waals surface area contributed by atoms with Crippen LogP contribution < -0.4 is 10.6 Å². The lowest BCUT2D eigenvalue weighted by Crippen LogP contribution is -2.30. The number of hydrogen-bond acceptors (Lipinski definition) is 1. The van der Waals surface area contributed by atoms with Gasteiger partial charge in [0.25, 0.3) is 0 Å². The third-order valence-electron chi connectivity index (χ3n) is 7.09. The molecule has 1 aliphatic heterocycles. The van der Waals surface area contributed by atoms with Crippen LogP contribution in [-0.2, 0) is 0 Å². The van der Waals surface area contributed by atoms with E-state index in [0.717, 1.165) is 32.2 Å². The summed E-state index contributed by atoms with van der Waals surface area (Å²) >= 11 is 0. The van der Waals surface area contributed by atoms with E-state index in [4.69, 9.17) is 0 Å². The molecule has 37 heavy (non-hydrogen) atoms. The standard InChI is InChI=1S/C32H33F2NP2/c1-2-3-24-35(37(31-20-12-10-18-27(31)33)32-21-13-11-19-28(32)34)36-29(25-14-6-4-7-15-25)22-23-30(36)26-16-8-5-9-17-26/h4-21,29-30H,2-3,22-24H2,1H3/t29-,30?,36?/m0/s1. The van der Waals surface area contributed by atoms with Gasteiger partial charge in [0.2, 0.25) is 0 Å².